The molecular weight excluding hydrogens is 333 g/mol. The van der Waals surface area contributed by atoms with Gasteiger partial charge in [-0.1, -0.05) is 13.8 Å². The van der Waals surface area contributed by atoms with Crippen molar-refractivity contribution >= 4 is 29.2 Å². The Bertz CT molecular complexity index is 776. The molecule has 24 heavy (non-hydrogen) atoms. The molecule has 1 amide bonds. The number of hydrogen-bond donors (Lipinski definition) is 2. The number of amides is 1. The molecule has 1 aromatic carbocycles. The minimum absolute atomic E-state index is 0. The van der Waals surface area contributed by atoms with Crippen molar-refractivity contribution in [2.45, 2.75) is 26.3 Å². The first-order valence-electron chi connectivity index (χ1n) is 7.63. The summed E-state index contributed by atoms with van der Waals surface area (Å²) >= 11 is 0. The van der Waals surface area contributed by atoms with Gasteiger partial charge in [0.25, 0.3) is 5.91 Å². The standard InChI is InChI=1S/C17H22FN3O2.ClH/c1-10(2)14(19)6-7-21(3)17(23)13-9-16(22)20-15-8-11(18)4-5-12(13)15;/h4-5,8-10,14H,6-7,19H2,1-3H3,(H,20,22);1H. The Morgan fingerprint density at radius 2 is 2.00 bits per heavy atom. The Labute approximate surface area is 146 Å². The lowest BCUT2D eigenvalue weighted by Gasteiger charge is -2.22. The maximum Gasteiger partial charge on any atom is 0.254 e. The van der Waals surface area contributed by atoms with E-state index in [1.165, 1.54) is 24.3 Å². The van der Waals surface area contributed by atoms with Gasteiger partial charge in [0.2, 0.25) is 5.56 Å². The van der Waals surface area contributed by atoms with E-state index in [-0.39, 0.29) is 29.9 Å². The summed E-state index contributed by atoms with van der Waals surface area (Å²) in [4.78, 5) is 28.4. The summed E-state index contributed by atoms with van der Waals surface area (Å²) in [5.74, 6) is -0.403. The molecule has 0 spiro atoms. The molecule has 0 saturated carbocycles. The Morgan fingerprint density at radius 1 is 1.33 bits per heavy atom. The first-order valence-corrected chi connectivity index (χ1v) is 7.63. The average molecular weight is 356 g/mol. The zero-order chi connectivity index (χ0) is 17.1. The first-order chi connectivity index (χ1) is 10.8. The topological polar surface area (TPSA) is 79.2 Å². The van der Waals surface area contributed by atoms with Crippen LogP contribution in [0, 0.1) is 11.7 Å². The van der Waals surface area contributed by atoms with Gasteiger partial charge in [0.05, 0.1) is 11.1 Å². The number of aromatic amines is 1. The maximum atomic E-state index is 13.3. The van der Waals surface area contributed by atoms with Crippen molar-refractivity contribution in [3.63, 3.8) is 0 Å². The predicted molar refractivity (Wildman–Crippen MR) is 96.2 cm³/mol. The van der Waals surface area contributed by atoms with Gasteiger partial charge in [-0.25, -0.2) is 4.39 Å². The van der Waals surface area contributed by atoms with Gasteiger partial charge in [-0.3, -0.25) is 9.59 Å². The van der Waals surface area contributed by atoms with Crippen LogP contribution in [-0.2, 0) is 0 Å². The minimum atomic E-state index is -0.464. The Balaban J connectivity index is 0.00000288. The molecule has 0 radical (unpaired) electrons. The largest absolute Gasteiger partial charge is 0.342 e. The van der Waals surface area contributed by atoms with Crippen LogP contribution in [0.2, 0.25) is 0 Å². The zero-order valence-corrected chi connectivity index (χ0v) is 14.8. The third-order valence-corrected chi connectivity index (χ3v) is 4.04. The number of halogens is 2. The van der Waals surface area contributed by atoms with E-state index in [0.717, 1.165) is 0 Å². The van der Waals surface area contributed by atoms with Crippen molar-refractivity contribution in [2.75, 3.05) is 13.6 Å². The van der Waals surface area contributed by atoms with Gasteiger partial charge in [0, 0.05) is 31.1 Å². The van der Waals surface area contributed by atoms with Gasteiger partial charge in [0.1, 0.15) is 5.82 Å². The second-order valence-electron chi connectivity index (χ2n) is 6.16. The van der Waals surface area contributed by atoms with Crippen molar-refractivity contribution in [1.29, 1.82) is 0 Å². The molecule has 0 bridgehead atoms. The van der Waals surface area contributed by atoms with Crippen molar-refractivity contribution in [1.82, 2.24) is 9.88 Å². The summed E-state index contributed by atoms with van der Waals surface area (Å²) in [6.07, 6.45) is 0.676. The SMILES string of the molecule is CC(C)C(N)CCN(C)C(=O)c1cc(=O)[nH]c2cc(F)ccc12.Cl. The molecule has 0 saturated heterocycles. The highest BCUT2D eigenvalue weighted by Crippen LogP contribution is 2.18. The second kappa shape index (κ2) is 8.26. The fourth-order valence-corrected chi connectivity index (χ4v) is 2.39. The third kappa shape index (κ3) is 4.55. The molecule has 2 aromatic rings. The summed E-state index contributed by atoms with van der Waals surface area (Å²) in [7, 11) is 1.67. The summed E-state index contributed by atoms with van der Waals surface area (Å²) in [5, 5.41) is 0.524. The van der Waals surface area contributed by atoms with E-state index < -0.39 is 11.4 Å². The Kier molecular flexibility index (Phi) is 6.93. The number of fused-ring (bicyclic) bond motifs is 1. The predicted octanol–water partition coefficient (Wildman–Crippen LogP) is 2.53. The fraction of sp³-hybridized carbons (Fsp3) is 0.412. The molecular formula is C17H23ClFN3O2. The van der Waals surface area contributed by atoms with Crippen molar-refractivity contribution in [2.24, 2.45) is 11.7 Å². The summed E-state index contributed by atoms with van der Waals surface area (Å²) in [6.45, 7) is 4.56. The molecule has 0 aliphatic carbocycles. The van der Waals surface area contributed by atoms with E-state index in [1.54, 1.807) is 11.9 Å². The number of pyridine rings is 1. The molecule has 7 heteroatoms. The van der Waals surface area contributed by atoms with Crippen LogP contribution >= 0.6 is 12.4 Å². The van der Waals surface area contributed by atoms with Crippen LogP contribution in [0.15, 0.2) is 29.1 Å². The van der Waals surface area contributed by atoms with Gasteiger partial charge in [-0.2, -0.15) is 0 Å². The zero-order valence-electron chi connectivity index (χ0n) is 14.0. The molecule has 5 nitrogen and oxygen atoms in total. The van der Waals surface area contributed by atoms with Gasteiger partial charge in [-0.05, 0) is 30.5 Å². The highest BCUT2D eigenvalue weighted by Gasteiger charge is 2.17. The number of carbonyl (C=O) groups excluding carboxylic acids is 1. The number of carbonyl (C=O) groups is 1. The van der Waals surface area contributed by atoms with Crippen LogP contribution in [0.3, 0.4) is 0 Å². The number of benzene rings is 1. The molecule has 1 unspecified atom stereocenters. The molecule has 1 aromatic heterocycles. The molecule has 1 atom stereocenters. The maximum absolute atomic E-state index is 13.3. The monoisotopic (exact) mass is 355 g/mol. The van der Waals surface area contributed by atoms with Crippen molar-refractivity contribution in [3.8, 4) is 0 Å². The molecule has 132 valence electrons. The van der Waals surface area contributed by atoms with E-state index in [2.05, 4.69) is 4.98 Å². The smallest absolute Gasteiger partial charge is 0.254 e. The van der Waals surface area contributed by atoms with E-state index in [4.69, 9.17) is 5.73 Å². The normalized spacial score (nSPS) is 12.1. The van der Waals surface area contributed by atoms with Crippen LogP contribution in [0.5, 0.6) is 0 Å². The highest BCUT2D eigenvalue weighted by atomic mass is 35.5. The molecule has 0 aliphatic heterocycles. The lowest BCUT2D eigenvalue weighted by Crippen LogP contribution is -2.35. The Hall–Kier alpha value is -1.92. The second-order valence-corrected chi connectivity index (χ2v) is 6.16. The van der Waals surface area contributed by atoms with Crippen LogP contribution < -0.4 is 11.3 Å². The van der Waals surface area contributed by atoms with E-state index in [0.29, 0.717) is 29.8 Å². The van der Waals surface area contributed by atoms with Crippen LogP contribution in [0.1, 0.15) is 30.6 Å². The molecule has 2 rings (SSSR count). The summed E-state index contributed by atoms with van der Waals surface area (Å²) in [5.41, 5.74) is 6.15. The van der Waals surface area contributed by atoms with Crippen molar-refractivity contribution in [3.05, 3.63) is 46.0 Å². The lowest BCUT2D eigenvalue weighted by molar-refractivity contribution is 0.0791. The fourth-order valence-electron chi connectivity index (χ4n) is 2.39. The van der Waals surface area contributed by atoms with Gasteiger partial charge in [0.15, 0.2) is 0 Å². The number of nitrogens with one attached hydrogen (secondary N) is 1. The summed E-state index contributed by atoms with van der Waals surface area (Å²) < 4.78 is 13.3. The molecule has 3 N–H and O–H groups in total. The van der Waals surface area contributed by atoms with Gasteiger partial charge >= 0.3 is 0 Å². The molecule has 0 fully saturated rings. The number of H-pyrrole nitrogens is 1. The van der Waals surface area contributed by atoms with Gasteiger partial charge < -0.3 is 15.6 Å². The number of nitrogens with zero attached hydrogens (tertiary/aromatic N) is 1. The highest BCUT2D eigenvalue weighted by molar-refractivity contribution is 6.05. The quantitative estimate of drug-likeness (QED) is 0.865. The number of rotatable bonds is 5. The van der Waals surface area contributed by atoms with Crippen molar-refractivity contribution < 1.29 is 9.18 Å². The number of nitrogens with two attached hydrogens (primary N) is 1. The van der Waals surface area contributed by atoms with Gasteiger partial charge in [-0.15, -0.1) is 12.4 Å². The Morgan fingerprint density at radius 3 is 2.62 bits per heavy atom. The summed E-state index contributed by atoms with van der Waals surface area (Å²) in [6, 6.07) is 5.24. The van der Waals surface area contributed by atoms with Crippen LogP contribution in [0.25, 0.3) is 10.9 Å². The lowest BCUT2D eigenvalue weighted by atomic mass is 10.0. The third-order valence-electron chi connectivity index (χ3n) is 4.04. The van der Waals surface area contributed by atoms with E-state index in [9.17, 15) is 14.0 Å². The van der Waals surface area contributed by atoms with Crippen LogP contribution in [-0.4, -0.2) is 35.4 Å². The molecule has 1 heterocycles. The minimum Gasteiger partial charge on any atom is -0.342 e. The van der Waals surface area contributed by atoms with E-state index >= 15 is 0 Å². The number of aromatic nitrogens is 1. The van der Waals surface area contributed by atoms with Crippen LogP contribution in [0.4, 0.5) is 4.39 Å². The van der Waals surface area contributed by atoms with E-state index in [1.807, 2.05) is 13.8 Å². The molecule has 0 aliphatic rings. The first kappa shape index (κ1) is 20.1. The number of hydrogen-bond acceptors (Lipinski definition) is 3. The average Bonchev–Trinajstić information content (AvgIpc) is 2.49.